The number of para-hydroxylation sites is 2. The summed E-state index contributed by atoms with van der Waals surface area (Å²) in [6.45, 7) is 0.508. The molecule has 0 aromatic heterocycles. The van der Waals surface area contributed by atoms with Gasteiger partial charge in [0.05, 0.1) is 24.9 Å². The van der Waals surface area contributed by atoms with Crippen molar-refractivity contribution >= 4 is 5.69 Å². The molecule has 1 N–H and O–H groups in total. The Bertz CT molecular complexity index is 600. The molecule has 0 aliphatic carbocycles. The Morgan fingerprint density at radius 2 is 2.05 bits per heavy atom. The summed E-state index contributed by atoms with van der Waals surface area (Å²) in [5.74, 6) is 0.917. The fourth-order valence-electron chi connectivity index (χ4n) is 2.28. The summed E-state index contributed by atoms with van der Waals surface area (Å²) in [5.41, 5.74) is 1.38. The Balaban J connectivity index is 1.97. The molecule has 1 aliphatic heterocycles. The van der Waals surface area contributed by atoms with Crippen LogP contribution in [0.1, 0.15) is 11.7 Å². The van der Waals surface area contributed by atoms with E-state index < -0.39 is 6.10 Å². The summed E-state index contributed by atoms with van der Waals surface area (Å²) in [6.07, 6.45) is -0.397. The first kappa shape index (κ1) is 11.8. The SMILES string of the molecule is COc1cccc(F)c1C1CNc2ccccc2O1. The van der Waals surface area contributed by atoms with Crippen LogP contribution >= 0.6 is 0 Å². The quantitative estimate of drug-likeness (QED) is 0.896. The van der Waals surface area contributed by atoms with Gasteiger partial charge in [-0.05, 0) is 24.3 Å². The van der Waals surface area contributed by atoms with Crippen molar-refractivity contribution in [3.05, 3.63) is 53.8 Å². The van der Waals surface area contributed by atoms with Crippen molar-refractivity contribution in [3.8, 4) is 11.5 Å². The Morgan fingerprint density at radius 3 is 2.89 bits per heavy atom. The van der Waals surface area contributed by atoms with Crippen LogP contribution in [0.4, 0.5) is 10.1 Å². The fourth-order valence-corrected chi connectivity index (χ4v) is 2.28. The molecule has 19 heavy (non-hydrogen) atoms. The molecule has 0 saturated heterocycles. The van der Waals surface area contributed by atoms with Crippen molar-refractivity contribution in [1.82, 2.24) is 0 Å². The van der Waals surface area contributed by atoms with Crippen LogP contribution < -0.4 is 14.8 Å². The van der Waals surface area contributed by atoms with E-state index in [1.807, 2.05) is 24.3 Å². The zero-order valence-electron chi connectivity index (χ0n) is 10.5. The highest BCUT2D eigenvalue weighted by Gasteiger charge is 2.26. The van der Waals surface area contributed by atoms with Gasteiger partial charge in [-0.3, -0.25) is 0 Å². The van der Waals surface area contributed by atoms with Crippen molar-refractivity contribution in [2.45, 2.75) is 6.10 Å². The summed E-state index contributed by atoms with van der Waals surface area (Å²) in [6, 6.07) is 12.4. The Labute approximate surface area is 111 Å². The maximum absolute atomic E-state index is 14.0. The van der Waals surface area contributed by atoms with Gasteiger partial charge in [-0.25, -0.2) is 4.39 Å². The number of rotatable bonds is 2. The van der Waals surface area contributed by atoms with Gasteiger partial charge in [0.1, 0.15) is 23.4 Å². The second kappa shape index (κ2) is 4.80. The van der Waals surface area contributed by atoms with Crippen LogP contribution in [0.15, 0.2) is 42.5 Å². The van der Waals surface area contributed by atoms with Gasteiger partial charge in [-0.1, -0.05) is 18.2 Å². The highest BCUT2D eigenvalue weighted by Crippen LogP contribution is 2.37. The van der Waals surface area contributed by atoms with Gasteiger partial charge in [0.2, 0.25) is 0 Å². The van der Waals surface area contributed by atoms with Crippen LogP contribution in [-0.2, 0) is 0 Å². The number of fused-ring (bicyclic) bond motifs is 1. The van der Waals surface area contributed by atoms with E-state index in [2.05, 4.69) is 5.32 Å². The first-order valence-corrected chi connectivity index (χ1v) is 6.11. The van der Waals surface area contributed by atoms with E-state index in [1.54, 1.807) is 12.1 Å². The van der Waals surface area contributed by atoms with Crippen LogP contribution in [0.25, 0.3) is 0 Å². The van der Waals surface area contributed by atoms with Crippen LogP contribution in [0.5, 0.6) is 11.5 Å². The predicted molar refractivity (Wildman–Crippen MR) is 71.3 cm³/mol. The van der Waals surface area contributed by atoms with Gasteiger partial charge in [0.15, 0.2) is 0 Å². The van der Waals surface area contributed by atoms with Crippen LogP contribution in [-0.4, -0.2) is 13.7 Å². The van der Waals surface area contributed by atoms with Gasteiger partial charge in [0, 0.05) is 0 Å². The molecule has 2 aromatic carbocycles. The summed E-state index contributed by atoms with van der Waals surface area (Å²) >= 11 is 0. The average Bonchev–Trinajstić information content (AvgIpc) is 2.46. The number of anilines is 1. The van der Waals surface area contributed by atoms with E-state index in [9.17, 15) is 4.39 Å². The maximum atomic E-state index is 14.0. The van der Waals surface area contributed by atoms with E-state index in [1.165, 1.54) is 13.2 Å². The number of nitrogens with one attached hydrogen (secondary N) is 1. The third-order valence-electron chi connectivity index (χ3n) is 3.19. The normalized spacial score (nSPS) is 17.1. The van der Waals surface area contributed by atoms with Crippen molar-refractivity contribution in [3.63, 3.8) is 0 Å². The number of hydrogen-bond acceptors (Lipinski definition) is 3. The summed E-state index contributed by atoms with van der Waals surface area (Å²) in [4.78, 5) is 0. The molecule has 98 valence electrons. The maximum Gasteiger partial charge on any atom is 0.147 e. The monoisotopic (exact) mass is 259 g/mol. The van der Waals surface area contributed by atoms with Crippen LogP contribution in [0, 0.1) is 5.82 Å². The molecule has 1 atom stereocenters. The highest BCUT2D eigenvalue weighted by molar-refractivity contribution is 5.58. The Hall–Kier alpha value is -2.23. The molecule has 1 aliphatic rings. The third-order valence-corrected chi connectivity index (χ3v) is 3.19. The molecule has 2 aromatic rings. The molecule has 1 heterocycles. The standard InChI is InChI=1S/C15H14FNO2/c1-18-13-8-4-5-10(16)15(13)14-9-17-11-6-2-3-7-12(11)19-14/h2-8,14,17H,9H2,1H3. The minimum absolute atomic E-state index is 0.314. The molecule has 4 heteroatoms. The second-order valence-corrected chi connectivity index (χ2v) is 4.34. The summed E-state index contributed by atoms with van der Waals surface area (Å²) < 4.78 is 25.1. The van der Waals surface area contributed by atoms with Gasteiger partial charge < -0.3 is 14.8 Å². The van der Waals surface area contributed by atoms with Crippen molar-refractivity contribution in [2.75, 3.05) is 19.0 Å². The molecule has 0 spiro atoms. The lowest BCUT2D eigenvalue weighted by molar-refractivity contribution is 0.200. The lowest BCUT2D eigenvalue weighted by Gasteiger charge is -2.28. The van der Waals surface area contributed by atoms with Gasteiger partial charge >= 0.3 is 0 Å². The Morgan fingerprint density at radius 1 is 1.21 bits per heavy atom. The number of ether oxygens (including phenoxy) is 2. The van der Waals surface area contributed by atoms with E-state index >= 15 is 0 Å². The number of halogens is 1. The van der Waals surface area contributed by atoms with Crippen LogP contribution in [0.2, 0.25) is 0 Å². The van der Waals surface area contributed by atoms with E-state index in [0.717, 1.165) is 11.4 Å². The number of benzene rings is 2. The molecule has 1 unspecified atom stereocenters. The van der Waals surface area contributed by atoms with Crippen molar-refractivity contribution < 1.29 is 13.9 Å². The van der Waals surface area contributed by atoms with Gasteiger partial charge in [-0.2, -0.15) is 0 Å². The lowest BCUT2D eigenvalue weighted by atomic mass is 10.1. The minimum Gasteiger partial charge on any atom is -0.496 e. The molecule has 0 saturated carbocycles. The topological polar surface area (TPSA) is 30.5 Å². The zero-order valence-corrected chi connectivity index (χ0v) is 10.5. The highest BCUT2D eigenvalue weighted by atomic mass is 19.1. The molecule has 3 rings (SSSR count). The van der Waals surface area contributed by atoms with Gasteiger partial charge in [0.25, 0.3) is 0 Å². The molecule has 0 amide bonds. The first-order valence-electron chi connectivity index (χ1n) is 6.11. The van der Waals surface area contributed by atoms with E-state index in [4.69, 9.17) is 9.47 Å². The second-order valence-electron chi connectivity index (χ2n) is 4.34. The van der Waals surface area contributed by atoms with Crippen LogP contribution in [0.3, 0.4) is 0 Å². The minimum atomic E-state index is -0.397. The van der Waals surface area contributed by atoms with E-state index in [0.29, 0.717) is 17.9 Å². The van der Waals surface area contributed by atoms with Crippen molar-refractivity contribution in [1.29, 1.82) is 0 Å². The summed E-state index contributed by atoms with van der Waals surface area (Å²) in [7, 11) is 1.53. The smallest absolute Gasteiger partial charge is 0.147 e. The zero-order chi connectivity index (χ0) is 13.2. The third kappa shape index (κ3) is 2.10. The van der Waals surface area contributed by atoms with Crippen molar-refractivity contribution in [2.24, 2.45) is 0 Å². The first-order chi connectivity index (χ1) is 9.29. The molecule has 0 radical (unpaired) electrons. The fraction of sp³-hybridized carbons (Fsp3) is 0.200. The van der Waals surface area contributed by atoms with Gasteiger partial charge in [-0.15, -0.1) is 0 Å². The molecular weight excluding hydrogens is 245 g/mol. The Kier molecular flexibility index (Phi) is 2.99. The largest absolute Gasteiger partial charge is 0.496 e. The predicted octanol–water partition coefficient (Wildman–Crippen LogP) is 3.38. The lowest BCUT2D eigenvalue weighted by Crippen LogP contribution is -2.24. The summed E-state index contributed by atoms with van der Waals surface area (Å²) in [5, 5.41) is 3.24. The number of methoxy groups -OCH3 is 1. The number of hydrogen-bond donors (Lipinski definition) is 1. The van der Waals surface area contributed by atoms with E-state index in [-0.39, 0.29) is 5.82 Å². The molecule has 0 fully saturated rings. The molecule has 0 bridgehead atoms. The molecule has 3 nitrogen and oxygen atoms in total. The average molecular weight is 259 g/mol. The molecular formula is C15H14FNO2.